The molecule has 0 amide bonds. The standard InChI is InChI=1S/C22H21BrN6O2/c1-22(2,3)31-21(30)29-12-14(11-25-29)13-7-8-18-17(9-13)19(28-20(24)27-18)26-16-6-4-5-15(23)10-16/h4-12H,1-3H3,(H3,24,26,27,28). The van der Waals surface area contributed by atoms with E-state index in [1.807, 2.05) is 63.2 Å². The third-order valence-corrected chi connectivity index (χ3v) is 4.79. The summed E-state index contributed by atoms with van der Waals surface area (Å²) < 4.78 is 7.49. The molecule has 31 heavy (non-hydrogen) atoms. The average Bonchev–Trinajstić information content (AvgIpc) is 3.17. The molecule has 0 unspecified atom stereocenters. The quantitative estimate of drug-likeness (QED) is 0.405. The molecular weight excluding hydrogens is 460 g/mol. The van der Waals surface area contributed by atoms with Crippen LogP contribution < -0.4 is 11.1 Å². The van der Waals surface area contributed by atoms with E-state index in [9.17, 15) is 4.79 Å². The highest BCUT2D eigenvalue weighted by Gasteiger charge is 2.19. The van der Waals surface area contributed by atoms with Gasteiger partial charge in [0.25, 0.3) is 0 Å². The Morgan fingerprint density at radius 1 is 1.13 bits per heavy atom. The van der Waals surface area contributed by atoms with Gasteiger partial charge in [-0.3, -0.25) is 0 Å². The lowest BCUT2D eigenvalue weighted by molar-refractivity contribution is 0.0514. The fourth-order valence-electron chi connectivity index (χ4n) is 3.00. The average molecular weight is 481 g/mol. The van der Waals surface area contributed by atoms with Gasteiger partial charge in [0.1, 0.15) is 11.4 Å². The molecule has 3 N–H and O–H groups in total. The van der Waals surface area contributed by atoms with Gasteiger partial charge in [-0.2, -0.15) is 14.8 Å². The van der Waals surface area contributed by atoms with E-state index in [-0.39, 0.29) is 5.95 Å². The molecule has 4 rings (SSSR count). The third-order valence-electron chi connectivity index (χ3n) is 4.30. The highest BCUT2D eigenvalue weighted by Crippen LogP contribution is 2.30. The lowest BCUT2D eigenvalue weighted by Gasteiger charge is -2.18. The number of nitrogens with one attached hydrogen (secondary N) is 1. The first kappa shape index (κ1) is 20.8. The number of hydrogen-bond acceptors (Lipinski definition) is 7. The summed E-state index contributed by atoms with van der Waals surface area (Å²) in [5.74, 6) is 0.762. The molecule has 2 heterocycles. The van der Waals surface area contributed by atoms with E-state index in [0.29, 0.717) is 11.3 Å². The van der Waals surface area contributed by atoms with Crippen LogP contribution in [0.15, 0.2) is 59.3 Å². The smallest absolute Gasteiger partial charge is 0.435 e. The van der Waals surface area contributed by atoms with Crippen LogP contribution in [0.2, 0.25) is 0 Å². The van der Waals surface area contributed by atoms with Crippen LogP contribution in [0.3, 0.4) is 0 Å². The van der Waals surface area contributed by atoms with Crippen molar-refractivity contribution in [2.75, 3.05) is 11.1 Å². The second-order valence-electron chi connectivity index (χ2n) is 7.95. The number of aromatic nitrogens is 4. The van der Waals surface area contributed by atoms with Crippen LogP contribution in [-0.4, -0.2) is 31.4 Å². The van der Waals surface area contributed by atoms with E-state index < -0.39 is 11.7 Å². The molecule has 0 radical (unpaired) electrons. The predicted octanol–water partition coefficient (Wildman–Crippen LogP) is 5.36. The monoisotopic (exact) mass is 480 g/mol. The van der Waals surface area contributed by atoms with Crippen LogP contribution in [0.5, 0.6) is 0 Å². The van der Waals surface area contributed by atoms with Crippen molar-refractivity contribution in [2.24, 2.45) is 0 Å². The van der Waals surface area contributed by atoms with E-state index in [4.69, 9.17) is 10.5 Å². The predicted molar refractivity (Wildman–Crippen MR) is 124 cm³/mol. The Morgan fingerprint density at radius 2 is 1.94 bits per heavy atom. The number of nitrogen functional groups attached to an aromatic ring is 1. The van der Waals surface area contributed by atoms with Crippen molar-refractivity contribution in [3.8, 4) is 11.1 Å². The summed E-state index contributed by atoms with van der Waals surface area (Å²) in [6, 6.07) is 13.4. The van der Waals surface area contributed by atoms with E-state index in [2.05, 4.69) is 36.3 Å². The van der Waals surface area contributed by atoms with Gasteiger partial charge in [-0.25, -0.2) is 9.78 Å². The Labute approximate surface area is 187 Å². The van der Waals surface area contributed by atoms with E-state index in [1.54, 1.807) is 12.4 Å². The molecule has 0 bridgehead atoms. The summed E-state index contributed by atoms with van der Waals surface area (Å²) in [5.41, 5.74) is 8.48. The van der Waals surface area contributed by atoms with Crippen molar-refractivity contribution in [1.82, 2.24) is 19.7 Å². The molecule has 0 atom stereocenters. The summed E-state index contributed by atoms with van der Waals surface area (Å²) in [7, 11) is 0. The molecule has 9 heteroatoms. The van der Waals surface area contributed by atoms with Gasteiger partial charge < -0.3 is 15.8 Å². The molecule has 0 saturated carbocycles. The molecule has 2 aromatic heterocycles. The van der Waals surface area contributed by atoms with Gasteiger partial charge in [0, 0.05) is 27.3 Å². The highest BCUT2D eigenvalue weighted by atomic mass is 79.9. The Hall–Kier alpha value is -3.46. The SMILES string of the molecule is CC(C)(C)OC(=O)n1cc(-c2ccc3nc(N)nc(Nc4cccc(Br)c4)c3c2)cn1. The molecule has 8 nitrogen and oxygen atoms in total. The summed E-state index contributed by atoms with van der Waals surface area (Å²) in [4.78, 5) is 21.0. The fourth-order valence-corrected chi connectivity index (χ4v) is 3.40. The maximum Gasteiger partial charge on any atom is 0.435 e. The van der Waals surface area contributed by atoms with E-state index in [0.717, 1.165) is 26.7 Å². The molecule has 4 aromatic rings. The second kappa shape index (κ2) is 7.99. The lowest BCUT2D eigenvalue weighted by Crippen LogP contribution is -2.27. The van der Waals surface area contributed by atoms with Gasteiger partial charge in [-0.15, -0.1) is 0 Å². The zero-order chi connectivity index (χ0) is 22.2. The number of nitrogens with two attached hydrogens (primary N) is 1. The normalized spacial score (nSPS) is 11.5. The number of nitrogens with zero attached hydrogens (tertiary/aromatic N) is 4. The van der Waals surface area contributed by atoms with Crippen LogP contribution in [0.25, 0.3) is 22.0 Å². The summed E-state index contributed by atoms with van der Waals surface area (Å²) in [5, 5.41) is 8.23. The number of benzene rings is 2. The minimum atomic E-state index is -0.601. The van der Waals surface area contributed by atoms with Crippen LogP contribution in [0, 0.1) is 0 Å². The fraction of sp³-hybridized carbons (Fsp3) is 0.182. The number of hydrogen-bond donors (Lipinski definition) is 2. The molecule has 0 aliphatic rings. The number of carbonyl (C=O) groups excluding carboxylic acids is 1. The number of ether oxygens (including phenoxy) is 1. The summed E-state index contributed by atoms with van der Waals surface area (Å²) in [6.07, 6.45) is 2.71. The Balaban J connectivity index is 1.71. The molecule has 0 saturated heterocycles. The summed E-state index contributed by atoms with van der Waals surface area (Å²) in [6.45, 7) is 5.43. The molecule has 0 aliphatic carbocycles. The Morgan fingerprint density at radius 3 is 2.68 bits per heavy atom. The lowest BCUT2D eigenvalue weighted by atomic mass is 10.1. The topological polar surface area (TPSA) is 108 Å². The van der Waals surface area contributed by atoms with Gasteiger partial charge in [0.2, 0.25) is 5.95 Å². The van der Waals surface area contributed by atoms with E-state index in [1.165, 1.54) is 4.68 Å². The van der Waals surface area contributed by atoms with Crippen molar-refractivity contribution in [1.29, 1.82) is 0 Å². The minimum Gasteiger partial charge on any atom is -0.442 e. The van der Waals surface area contributed by atoms with Gasteiger partial charge in [-0.05, 0) is 56.7 Å². The number of rotatable bonds is 3. The zero-order valence-corrected chi connectivity index (χ0v) is 18.8. The van der Waals surface area contributed by atoms with Crippen molar-refractivity contribution in [2.45, 2.75) is 26.4 Å². The summed E-state index contributed by atoms with van der Waals surface area (Å²) >= 11 is 3.47. The van der Waals surface area contributed by atoms with Crippen molar-refractivity contribution in [3.05, 3.63) is 59.3 Å². The first-order valence-corrected chi connectivity index (χ1v) is 10.4. The van der Waals surface area contributed by atoms with Crippen molar-refractivity contribution < 1.29 is 9.53 Å². The number of halogens is 1. The minimum absolute atomic E-state index is 0.176. The molecular formula is C22H21BrN6O2. The molecule has 0 spiro atoms. The molecule has 0 aliphatic heterocycles. The number of fused-ring (bicyclic) bond motifs is 1. The maximum atomic E-state index is 12.3. The van der Waals surface area contributed by atoms with E-state index >= 15 is 0 Å². The Kier molecular flexibility index (Phi) is 5.36. The molecule has 2 aromatic carbocycles. The first-order valence-electron chi connectivity index (χ1n) is 9.56. The van der Waals surface area contributed by atoms with Crippen LogP contribution in [0.4, 0.5) is 22.2 Å². The molecule has 0 fully saturated rings. The second-order valence-corrected chi connectivity index (χ2v) is 8.87. The zero-order valence-electron chi connectivity index (χ0n) is 17.3. The highest BCUT2D eigenvalue weighted by molar-refractivity contribution is 9.10. The van der Waals surface area contributed by atoms with Gasteiger partial charge in [0.05, 0.1) is 11.7 Å². The van der Waals surface area contributed by atoms with Crippen molar-refractivity contribution in [3.63, 3.8) is 0 Å². The number of carbonyl (C=O) groups is 1. The van der Waals surface area contributed by atoms with Gasteiger partial charge >= 0.3 is 6.09 Å². The van der Waals surface area contributed by atoms with Crippen LogP contribution >= 0.6 is 15.9 Å². The Bertz CT molecular complexity index is 1280. The molecule has 158 valence electrons. The first-order chi connectivity index (χ1) is 14.7. The van der Waals surface area contributed by atoms with Crippen LogP contribution in [-0.2, 0) is 4.74 Å². The van der Waals surface area contributed by atoms with Crippen LogP contribution in [0.1, 0.15) is 20.8 Å². The largest absolute Gasteiger partial charge is 0.442 e. The van der Waals surface area contributed by atoms with Crippen molar-refractivity contribution >= 4 is 50.4 Å². The maximum absolute atomic E-state index is 12.3. The van der Waals surface area contributed by atoms with Gasteiger partial charge in [0.15, 0.2) is 0 Å². The van der Waals surface area contributed by atoms with Gasteiger partial charge in [-0.1, -0.05) is 28.1 Å². The number of anilines is 3. The third kappa shape index (κ3) is 4.83.